The number of aromatic nitrogens is 2. The lowest BCUT2D eigenvalue weighted by Gasteiger charge is -2.18. The second-order valence-corrected chi connectivity index (χ2v) is 5.05. The molecular formula is C12H17N3O4S. The molecule has 0 aromatic carbocycles. The van der Waals surface area contributed by atoms with Crippen LogP contribution in [0.5, 0.6) is 0 Å². The van der Waals surface area contributed by atoms with Gasteiger partial charge in [-0.3, -0.25) is 14.4 Å². The van der Waals surface area contributed by atoms with Gasteiger partial charge < -0.3 is 15.0 Å². The van der Waals surface area contributed by atoms with E-state index in [4.69, 9.17) is 5.11 Å². The number of carbonyl (C=O) groups is 2. The van der Waals surface area contributed by atoms with Crippen molar-refractivity contribution in [3.63, 3.8) is 0 Å². The Morgan fingerprint density at radius 3 is 2.85 bits per heavy atom. The zero-order valence-electron chi connectivity index (χ0n) is 11.3. The van der Waals surface area contributed by atoms with Gasteiger partial charge in [0.1, 0.15) is 6.04 Å². The molecule has 0 bridgehead atoms. The molecule has 1 heterocycles. The molecule has 8 heteroatoms. The highest BCUT2D eigenvalue weighted by Gasteiger charge is 2.17. The fraction of sp³-hybridized carbons (Fsp3) is 0.500. The summed E-state index contributed by atoms with van der Waals surface area (Å²) >= 11 is 0.911. The first-order chi connectivity index (χ1) is 9.45. The zero-order chi connectivity index (χ0) is 15.1. The van der Waals surface area contributed by atoms with Gasteiger partial charge in [0, 0.05) is 18.8 Å². The van der Waals surface area contributed by atoms with Crippen LogP contribution in [0.1, 0.15) is 26.3 Å². The van der Waals surface area contributed by atoms with Crippen LogP contribution in [0.3, 0.4) is 0 Å². The quantitative estimate of drug-likeness (QED) is 0.562. The average Bonchev–Trinajstić information content (AvgIpc) is 2.41. The Bertz CT molecular complexity index is 544. The van der Waals surface area contributed by atoms with Gasteiger partial charge in [-0.05, 0) is 13.3 Å². The Kier molecular flexibility index (Phi) is 6.23. The first kappa shape index (κ1) is 16.2. The summed E-state index contributed by atoms with van der Waals surface area (Å²) in [5.74, 6) is -1.43. The summed E-state index contributed by atoms with van der Waals surface area (Å²) in [7, 11) is 0. The molecule has 0 radical (unpaired) electrons. The first-order valence-corrected chi connectivity index (χ1v) is 7.15. The minimum Gasteiger partial charge on any atom is -0.481 e. The van der Waals surface area contributed by atoms with E-state index in [9.17, 15) is 14.4 Å². The number of thioether (sulfide) groups is 1. The first-order valence-electron chi connectivity index (χ1n) is 6.17. The maximum Gasteiger partial charge on any atom is 0.313 e. The van der Waals surface area contributed by atoms with Crippen molar-refractivity contribution in [1.82, 2.24) is 14.9 Å². The number of hydrogen-bond donors (Lipinski definition) is 2. The second-order valence-electron chi connectivity index (χ2n) is 4.11. The summed E-state index contributed by atoms with van der Waals surface area (Å²) in [6.07, 6.45) is 2.28. The van der Waals surface area contributed by atoms with E-state index in [0.717, 1.165) is 18.2 Å². The van der Waals surface area contributed by atoms with E-state index in [2.05, 4.69) is 10.3 Å². The molecule has 1 atom stereocenters. The summed E-state index contributed by atoms with van der Waals surface area (Å²) in [6.45, 7) is 4.18. The van der Waals surface area contributed by atoms with Crippen molar-refractivity contribution in [1.29, 1.82) is 0 Å². The van der Waals surface area contributed by atoms with Crippen molar-refractivity contribution in [3.05, 3.63) is 22.6 Å². The van der Waals surface area contributed by atoms with Crippen LogP contribution in [0.15, 0.2) is 22.2 Å². The third kappa shape index (κ3) is 4.69. The van der Waals surface area contributed by atoms with Crippen molar-refractivity contribution in [3.8, 4) is 0 Å². The largest absolute Gasteiger partial charge is 0.481 e. The van der Waals surface area contributed by atoms with E-state index in [1.54, 1.807) is 6.92 Å². The number of nitrogens with one attached hydrogen (secondary N) is 1. The van der Waals surface area contributed by atoms with Gasteiger partial charge in [0.05, 0.1) is 5.75 Å². The molecule has 1 aromatic rings. The number of nitrogens with zero attached hydrogens (tertiary/aromatic N) is 2. The highest BCUT2D eigenvalue weighted by atomic mass is 32.2. The number of carboxylic acid groups (broad SMARTS) is 1. The van der Waals surface area contributed by atoms with E-state index in [1.807, 2.05) is 6.92 Å². The van der Waals surface area contributed by atoms with Crippen molar-refractivity contribution >= 4 is 23.6 Å². The van der Waals surface area contributed by atoms with Gasteiger partial charge in [-0.25, -0.2) is 0 Å². The molecular weight excluding hydrogens is 282 g/mol. The highest BCUT2D eigenvalue weighted by molar-refractivity contribution is 7.99. The molecule has 1 amide bonds. The summed E-state index contributed by atoms with van der Waals surface area (Å²) in [4.78, 5) is 37.5. The minimum absolute atomic E-state index is 0.200. The number of rotatable bonds is 7. The molecule has 0 spiro atoms. The lowest BCUT2D eigenvalue weighted by molar-refractivity contribution is -0.133. The highest BCUT2D eigenvalue weighted by Crippen LogP contribution is 2.18. The summed E-state index contributed by atoms with van der Waals surface area (Å²) in [5.41, 5.74) is -0.463. The Hall–Kier alpha value is -1.83. The minimum atomic E-state index is -1.01. The van der Waals surface area contributed by atoms with E-state index in [-0.39, 0.29) is 16.8 Å². The van der Waals surface area contributed by atoms with Crippen molar-refractivity contribution in [2.75, 3.05) is 12.3 Å². The number of hydrogen-bond acceptors (Lipinski definition) is 5. The Morgan fingerprint density at radius 2 is 2.25 bits per heavy atom. The number of carboxylic acids is 1. The molecule has 1 unspecified atom stereocenters. The van der Waals surface area contributed by atoms with Crippen LogP contribution >= 0.6 is 11.8 Å². The molecule has 0 aliphatic rings. The normalized spacial score (nSPS) is 11.9. The summed E-state index contributed by atoms with van der Waals surface area (Å²) in [5, 5.41) is 11.7. The Labute approximate surface area is 120 Å². The second kappa shape index (κ2) is 7.68. The maximum absolute atomic E-state index is 11.9. The number of amides is 1. The molecule has 0 saturated heterocycles. The summed E-state index contributed by atoms with van der Waals surface area (Å²) < 4.78 is 1.50. The molecule has 0 aliphatic carbocycles. The lowest BCUT2D eigenvalue weighted by Crippen LogP contribution is -2.32. The van der Waals surface area contributed by atoms with E-state index in [1.165, 1.54) is 16.8 Å². The van der Waals surface area contributed by atoms with Crippen LogP contribution in [-0.4, -0.2) is 38.8 Å². The van der Waals surface area contributed by atoms with Gasteiger partial charge in [-0.15, -0.1) is 0 Å². The molecule has 7 nitrogen and oxygen atoms in total. The monoisotopic (exact) mass is 299 g/mol. The van der Waals surface area contributed by atoms with Crippen LogP contribution in [0.2, 0.25) is 0 Å². The van der Waals surface area contributed by atoms with Crippen LogP contribution in [0.4, 0.5) is 0 Å². The average molecular weight is 299 g/mol. The van der Waals surface area contributed by atoms with Gasteiger partial charge >= 0.3 is 5.97 Å². The Morgan fingerprint density at radius 1 is 1.55 bits per heavy atom. The smallest absolute Gasteiger partial charge is 0.313 e. The van der Waals surface area contributed by atoms with Gasteiger partial charge in [-0.2, -0.15) is 4.98 Å². The molecule has 110 valence electrons. The SMILES string of the molecule is CCCNC(=O)C(C)n1ccc(=O)nc1SCC(=O)O. The fourth-order valence-electron chi connectivity index (χ4n) is 1.45. The topological polar surface area (TPSA) is 101 Å². The van der Waals surface area contributed by atoms with Crippen molar-refractivity contribution in [2.45, 2.75) is 31.5 Å². The van der Waals surface area contributed by atoms with Gasteiger partial charge in [0.15, 0.2) is 5.16 Å². The predicted octanol–water partition coefficient (Wildman–Crippen LogP) is 0.507. The molecule has 20 heavy (non-hydrogen) atoms. The predicted molar refractivity (Wildman–Crippen MR) is 74.9 cm³/mol. The third-order valence-electron chi connectivity index (χ3n) is 2.48. The molecule has 1 aromatic heterocycles. The van der Waals surface area contributed by atoms with E-state index < -0.39 is 17.6 Å². The van der Waals surface area contributed by atoms with Crippen LogP contribution in [-0.2, 0) is 9.59 Å². The van der Waals surface area contributed by atoms with Gasteiger partial charge in [-0.1, -0.05) is 18.7 Å². The van der Waals surface area contributed by atoms with E-state index >= 15 is 0 Å². The zero-order valence-corrected chi connectivity index (χ0v) is 12.1. The standard InChI is InChI=1S/C12H17N3O4S/c1-3-5-13-11(19)8(2)15-6-4-9(16)14-12(15)20-7-10(17)18/h4,6,8H,3,5,7H2,1-2H3,(H,13,19)(H,17,18). The lowest BCUT2D eigenvalue weighted by atomic mass is 10.3. The van der Waals surface area contributed by atoms with Crippen molar-refractivity contribution in [2.24, 2.45) is 0 Å². The molecule has 0 saturated carbocycles. The molecule has 0 aliphatic heterocycles. The molecule has 1 rings (SSSR count). The number of carbonyl (C=O) groups excluding carboxylic acids is 1. The van der Waals surface area contributed by atoms with E-state index in [0.29, 0.717) is 6.54 Å². The van der Waals surface area contributed by atoms with Crippen LogP contribution in [0, 0.1) is 0 Å². The maximum atomic E-state index is 11.9. The van der Waals surface area contributed by atoms with Crippen LogP contribution in [0.25, 0.3) is 0 Å². The fourth-order valence-corrected chi connectivity index (χ4v) is 2.22. The van der Waals surface area contributed by atoms with Gasteiger partial charge in [0.2, 0.25) is 5.91 Å². The Balaban J connectivity index is 2.94. The van der Waals surface area contributed by atoms with Crippen LogP contribution < -0.4 is 10.9 Å². The third-order valence-corrected chi connectivity index (χ3v) is 3.43. The van der Waals surface area contributed by atoms with Crippen molar-refractivity contribution < 1.29 is 14.7 Å². The molecule has 2 N–H and O–H groups in total. The van der Waals surface area contributed by atoms with Gasteiger partial charge in [0.25, 0.3) is 5.56 Å². The molecule has 0 fully saturated rings. The summed E-state index contributed by atoms with van der Waals surface area (Å²) in [6, 6.07) is 0.681. The number of aliphatic carboxylic acids is 1.